The normalized spacial score (nSPS) is 37.6. The predicted octanol–water partition coefficient (Wildman–Crippen LogP) is -0.915. The minimum absolute atomic E-state index is 0.0353. The number of amides is 2. The molecular formula is C10H11N3O2. The highest BCUT2D eigenvalue weighted by Crippen LogP contribution is 2.24. The second kappa shape index (κ2) is 2.93. The first-order valence-corrected chi connectivity index (χ1v) is 4.97. The highest BCUT2D eigenvalue weighted by Gasteiger charge is 2.45. The van der Waals surface area contributed by atoms with Crippen molar-refractivity contribution in [2.75, 3.05) is 0 Å². The first-order valence-electron chi connectivity index (χ1n) is 4.97. The number of carbonyl (C=O) groups excluding carboxylic acids is 2. The lowest BCUT2D eigenvalue weighted by Gasteiger charge is -2.32. The first kappa shape index (κ1) is 8.67. The van der Waals surface area contributed by atoms with Crippen LogP contribution in [-0.2, 0) is 9.59 Å². The van der Waals surface area contributed by atoms with Gasteiger partial charge in [0, 0.05) is 0 Å². The maximum atomic E-state index is 11.7. The van der Waals surface area contributed by atoms with Crippen LogP contribution in [0.2, 0.25) is 0 Å². The molecule has 1 aliphatic carbocycles. The van der Waals surface area contributed by atoms with Crippen molar-refractivity contribution in [3.8, 4) is 0 Å². The fourth-order valence-corrected chi connectivity index (χ4v) is 2.30. The second-order valence-corrected chi connectivity index (χ2v) is 3.90. The Hall–Kier alpha value is -1.62. The molecule has 0 aromatic rings. The third-order valence-corrected chi connectivity index (χ3v) is 2.95. The van der Waals surface area contributed by atoms with E-state index in [0.29, 0.717) is 0 Å². The summed E-state index contributed by atoms with van der Waals surface area (Å²) in [6.45, 7) is 0. The second-order valence-electron chi connectivity index (χ2n) is 3.90. The lowest BCUT2D eigenvalue weighted by atomic mass is 10.0. The summed E-state index contributed by atoms with van der Waals surface area (Å²) in [5, 5.41) is 5.94. The van der Waals surface area contributed by atoms with Crippen LogP contribution >= 0.6 is 0 Å². The summed E-state index contributed by atoms with van der Waals surface area (Å²) in [5.41, 5.74) is 0. The van der Waals surface area contributed by atoms with Gasteiger partial charge in [0.15, 0.2) is 6.29 Å². The fourth-order valence-electron chi connectivity index (χ4n) is 2.30. The molecule has 2 amide bonds. The smallest absolute Gasteiger partial charge is 0.235 e. The summed E-state index contributed by atoms with van der Waals surface area (Å²) in [6.07, 6.45) is 7.46. The standard InChI is InChI=1S/C10H11N3O2/c14-8-5-9(15)13-7-4-2-1-3-6(7)11-10(13)12-8/h1-4,6-7,10-11H,5H2,(H,12,14). The van der Waals surface area contributed by atoms with Crippen LogP contribution < -0.4 is 10.6 Å². The minimum atomic E-state index is -0.346. The number of hydrogen-bond donors (Lipinski definition) is 2. The molecule has 2 saturated heterocycles. The zero-order chi connectivity index (χ0) is 10.4. The molecule has 15 heavy (non-hydrogen) atoms. The summed E-state index contributed by atoms with van der Waals surface area (Å²) >= 11 is 0. The molecule has 78 valence electrons. The number of nitrogens with one attached hydrogen (secondary N) is 2. The van der Waals surface area contributed by atoms with E-state index in [9.17, 15) is 9.59 Å². The average Bonchev–Trinajstić information content (AvgIpc) is 2.54. The van der Waals surface area contributed by atoms with Crippen molar-refractivity contribution in [1.29, 1.82) is 0 Å². The van der Waals surface area contributed by atoms with Gasteiger partial charge in [-0.1, -0.05) is 24.3 Å². The number of carbonyl (C=O) groups is 2. The molecule has 0 bridgehead atoms. The van der Waals surface area contributed by atoms with Gasteiger partial charge in [-0.05, 0) is 0 Å². The molecular weight excluding hydrogens is 194 g/mol. The van der Waals surface area contributed by atoms with Gasteiger partial charge in [0.1, 0.15) is 6.42 Å². The van der Waals surface area contributed by atoms with E-state index in [1.165, 1.54) is 0 Å². The van der Waals surface area contributed by atoms with Crippen LogP contribution in [0, 0.1) is 0 Å². The molecule has 2 heterocycles. The van der Waals surface area contributed by atoms with E-state index in [2.05, 4.69) is 10.6 Å². The monoisotopic (exact) mass is 205 g/mol. The van der Waals surface area contributed by atoms with Gasteiger partial charge in [-0.2, -0.15) is 0 Å². The Labute approximate surface area is 86.8 Å². The van der Waals surface area contributed by atoms with Crippen molar-refractivity contribution >= 4 is 11.8 Å². The van der Waals surface area contributed by atoms with E-state index in [-0.39, 0.29) is 36.6 Å². The number of rotatable bonds is 0. The lowest BCUT2D eigenvalue weighted by Crippen LogP contribution is -2.58. The zero-order valence-corrected chi connectivity index (χ0v) is 8.01. The molecule has 5 nitrogen and oxygen atoms in total. The Balaban J connectivity index is 1.93. The Morgan fingerprint density at radius 3 is 2.93 bits per heavy atom. The average molecular weight is 205 g/mol. The summed E-state index contributed by atoms with van der Waals surface area (Å²) < 4.78 is 0. The van der Waals surface area contributed by atoms with E-state index in [4.69, 9.17) is 0 Å². The Morgan fingerprint density at radius 2 is 2.07 bits per heavy atom. The topological polar surface area (TPSA) is 61.4 Å². The molecule has 0 aromatic heterocycles. The van der Waals surface area contributed by atoms with Gasteiger partial charge in [-0.3, -0.25) is 14.9 Å². The molecule has 5 heteroatoms. The SMILES string of the molecule is O=C1CC(=O)N2C(N1)NC1C=CC=CC12. The van der Waals surface area contributed by atoms with E-state index in [1.807, 2.05) is 24.3 Å². The number of fused-ring (bicyclic) bond motifs is 3. The van der Waals surface area contributed by atoms with Gasteiger partial charge in [0.2, 0.25) is 11.8 Å². The quantitative estimate of drug-likeness (QED) is 0.503. The lowest BCUT2D eigenvalue weighted by molar-refractivity contribution is -0.144. The Morgan fingerprint density at radius 1 is 1.27 bits per heavy atom. The van der Waals surface area contributed by atoms with Crippen LogP contribution in [0.15, 0.2) is 24.3 Å². The van der Waals surface area contributed by atoms with Crippen molar-refractivity contribution in [1.82, 2.24) is 15.5 Å². The van der Waals surface area contributed by atoms with E-state index < -0.39 is 0 Å². The van der Waals surface area contributed by atoms with Gasteiger partial charge >= 0.3 is 0 Å². The van der Waals surface area contributed by atoms with Gasteiger partial charge in [-0.15, -0.1) is 0 Å². The van der Waals surface area contributed by atoms with Crippen LogP contribution in [0.25, 0.3) is 0 Å². The molecule has 2 aliphatic heterocycles. The predicted molar refractivity (Wildman–Crippen MR) is 52.4 cm³/mol. The van der Waals surface area contributed by atoms with E-state index >= 15 is 0 Å². The molecule has 2 N–H and O–H groups in total. The number of hydrogen-bond acceptors (Lipinski definition) is 3. The van der Waals surface area contributed by atoms with Gasteiger partial charge in [0.25, 0.3) is 0 Å². The molecule has 0 saturated carbocycles. The van der Waals surface area contributed by atoms with Gasteiger partial charge in [-0.25, -0.2) is 0 Å². The summed E-state index contributed by atoms with van der Waals surface area (Å²) in [6, 6.07) is 0.149. The van der Waals surface area contributed by atoms with Crippen LogP contribution in [0.1, 0.15) is 6.42 Å². The number of allylic oxidation sites excluding steroid dienone is 2. The molecule has 2 fully saturated rings. The highest BCUT2D eigenvalue weighted by atomic mass is 16.2. The van der Waals surface area contributed by atoms with Crippen molar-refractivity contribution in [3.63, 3.8) is 0 Å². The molecule has 0 radical (unpaired) electrons. The molecule has 0 aromatic carbocycles. The van der Waals surface area contributed by atoms with Gasteiger partial charge < -0.3 is 10.2 Å². The maximum Gasteiger partial charge on any atom is 0.235 e. The highest BCUT2D eigenvalue weighted by molar-refractivity contribution is 5.99. The van der Waals surface area contributed by atoms with Crippen LogP contribution in [0.3, 0.4) is 0 Å². The van der Waals surface area contributed by atoms with Gasteiger partial charge in [0.05, 0.1) is 12.1 Å². The third-order valence-electron chi connectivity index (χ3n) is 2.95. The van der Waals surface area contributed by atoms with E-state index in [1.54, 1.807) is 4.90 Å². The van der Waals surface area contributed by atoms with Crippen molar-refractivity contribution in [2.24, 2.45) is 0 Å². The van der Waals surface area contributed by atoms with Crippen molar-refractivity contribution < 1.29 is 9.59 Å². The zero-order valence-electron chi connectivity index (χ0n) is 8.01. The van der Waals surface area contributed by atoms with Crippen LogP contribution in [0.4, 0.5) is 0 Å². The maximum absolute atomic E-state index is 11.7. The summed E-state index contributed by atoms with van der Waals surface area (Å²) in [4.78, 5) is 24.6. The minimum Gasteiger partial charge on any atom is -0.323 e. The molecule has 0 spiro atoms. The molecule has 3 atom stereocenters. The van der Waals surface area contributed by atoms with E-state index in [0.717, 1.165) is 0 Å². The molecule has 3 rings (SSSR count). The summed E-state index contributed by atoms with van der Waals surface area (Å²) in [5.74, 6) is -0.316. The molecule has 3 unspecified atom stereocenters. The largest absolute Gasteiger partial charge is 0.323 e. The van der Waals surface area contributed by atoms with Crippen molar-refractivity contribution in [3.05, 3.63) is 24.3 Å². The number of nitrogens with zero attached hydrogens (tertiary/aromatic N) is 1. The Kier molecular flexibility index (Phi) is 1.70. The first-order chi connectivity index (χ1) is 7.25. The molecule has 3 aliphatic rings. The third kappa shape index (κ3) is 1.20. The fraction of sp³-hybridized carbons (Fsp3) is 0.400. The van der Waals surface area contributed by atoms with Crippen LogP contribution in [0.5, 0.6) is 0 Å². The van der Waals surface area contributed by atoms with Crippen molar-refractivity contribution in [2.45, 2.75) is 24.8 Å². The van der Waals surface area contributed by atoms with Crippen LogP contribution in [-0.4, -0.2) is 35.1 Å². The summed E-state index contributed by atoms with van der Waals surface area (Å²) in [7, 11) is 0. The Bertz CT molecular complexity index is 388.